The fraction of sp³-hybridized carbons (Fsp3) is 0.846. The molecule has 2 saturated carbocycles. The highest BCUT2D eigenvalue weighted by Crippen LogP contribution is 2.47. The Morgan fingerprint density at radius 2 is 2.05 bits per heavy atom. The maximum Gasteiger partial charge on any atom is 0.326 e. The Hall–Kier alpha value is -1.30. The van der Waals surface area contributed by atoms with E-state index >= 15 is 0 Å². The van der Waals surface area contributed by atoms with Gasteiger partial charge < -0.3 is 20.8 Å². The highest BCUT2D eigenvalue weighted by atomic mass is 16.4. The van der Waals surface area contributed by atoms with Gasteiger partial charge in [-0.25, -0.2) is 9.59 Å². The standard InChI is InChI=1S/C13H22N2O4/c16-4-3-11(12(17)18)15-13(19)14-7-10-6-8-1-2-9(10)5-8/h8-11,16H,1-7H2,(H,17,18)(H2,14,15,19)/t8?,9?,10?,11-/m1/s1. The largest absolute Gasteiger partial charge is 0.480 e. The van der Waals surface area contributed by atoms with Gasteiger partial charge in [0.15, 0.2) is 0 Å². The van der Waals surface area contributed by atoms with Crippen molar-refractivity contribution in [3.63, 3.8) is 0 Å². The van der Waals surface area contributed by atoms with Gasteiger partial charge in [0.05, 0.1) is 0 Å². The second kappa shape index (κ2) is 6.23. The normalized spacial score (nSPS) is 30.1. The molecule has 2 aliphatic rings. The number of carboxylic acid groups (broad SMARTS) is 1. The predicted octanol–water partition coefficient (Wildman–Crippen LogP) is 0.557. The van der Waals surface area contributed by atoms with Crippen molar-refractivity contribution < 1.29 is 19.8 Å². The van der Waals surface area contributed by atoms with Crippen LogP contribution < -0.4 is 10.6 Å². The van der Waals surface area contributed by atoms with Crippen LogP contribution >= 0.6 is 0 Å². The van der Waals surface area contributed by atoms with Crippen LogP contribution in [0, 0.1) is 17.8 Å². The second-order valence-corrected chi connectivity index (χ2v) is 5.69. The van der Waals surface area contributed by atoms with Crippen LogP contribution in [-0.2, 0) is 4.79 Å². The van der Waals surface area contributed by atoms with Crippen LogP contribution in [0.15, 0.2) is 0 Å². The quantitative estimate of drug-likeness (QED) is 0.566. The Morgan fingerprint density at radius 3 is 2.58 bits per heavy atom. The molecule has 0 aromatic rings. The van der Waals surface area contributed by atoms with E-state index < -0.39 is 18.0 Å². The highest BCUT2D eigenvalue weighted by molar-refractivity contribution is 5.82. The van der Waals surface area contributed by atoms with Crippen molar-refractivity contribution in [2.75, 3.05) is 13.2 Å². The van der Waals surface area contributed by atoms with Gasteiger partial charge in [-0.3, -0.25) is 0 Å². The molecule has 0 radical (unpaired) electrons. The molecule has 3 unspecified atom stereocenters. The SMILES string of the molecule is O=C(NCC1CC2CCC1C2)N[C@H](CCO)C(=O)O. The number of nitrogens with one attached hydrogen (secondary N) is 2. The number of aliphatic hydroxyl groups is 1. The molecule has 4 atom stereocenters. The molecule has 0 aromatic carbocycles. The van der Waals surface area contributed by atoms with Crippen molar-refractivity contribution >= 4 is 12.0 Å². The lowest BCUT2D eigenvalue weighted by Crippen LogP contribution is -2.47. The van der Waals surface area contributed by atoms with Gasteiger partial charge in [0.2, 0.25) is 0 Å². The Kier molecular flexibility index (Phi) is 4.63. The lowest BCUT2D eigenvalue weighted by Gasteiger charge is -2.22. The summed E-state index contributed by atoms with van der Waals surface area (Å²) in [6, 6.07) is -1.48. The highest BCUT2D eigenvalue weighted by Gasteiger charge is 2.39. The summed E-state index contributed by atoms with van der Waals surface area (Å²) in [6.07, 6.45) is 5.09. The fourth-order valence-corrected chi connectivity index (χ4v) is 3.45. The number of hydrogen-bond acceptors (Lipinski definition) is 3. The van der Waals surface area contributed by atoms with Crippen molar-refractivity contribution in [3.05, 3.63) is 0 Å². The third kappa shape index (κ3) is 3.59. The minimum Gasteiger partial charge on any atom is -0.480 e. The number of carbonyl (C=O) groups excluding carboxylic acids is 1. The molecular weight excluding hydrogens is 248 g/mol. The lowest BCUT2D eigenvalue weighted by molar-refractivity contribution is -0.139. The van der Waals surface area contributed by atoms with Crippen molar-refractivity contribution in [3.8, 4) is 0 Å². The molecule has 2 amide bonds. The van der Waals surface area contributed by atoms with Crippen LogP contribution in [0.5, 0.6) is 0 Å². The zero-order valence-electron chi connectivity index (χ0n) is 11.0. The van der Waals surface area contributed by atoms with Crippen LogP contribution in [0.4, 0.5) is 4.79 Å². The number of carboxylic acids is 1. The van der Waals surface area contributed by atoms with E-state index in [1.165, 1.54) is 25.7 Å². The monoisotopic (exact) mass is 270 g/mol. The molecule has 0 aromatic heterocycles. The molecular formula is C13H22N2O4. The zero-order valence-corrected chi connectivity index (χ0v) is 11.0. The van der Waals surface area contributed by atoms with Gasteiger partial charge in [-0.15, -0.1) is 0 Å². The minimum absolute atomic E-state index is 0.0247. The molecule has 0 saturated heterocycles. The number of aliphatic hydroxyl groups excluding tert-OH is 1. The van der Waals surface area contributed by atoms with Crippen LogP contribution in [-0.4, -0.2) is 41.4 Å². The van der Waals surface area contributed by atoms with E-state index in [0.717, 1.165) is 11.8 Å². The topological polar surface area (TPSA) is 98.7 Å². The number of hydrogen-bond donors (Lipinski definition) is 4. The summed E-state index contributed by atoms with van der Waals surface area (Å²) >= 11 is 0. The molecule has 2 rings (SSSR count). The van der Waals surface area contributed by atoms with Crippen LogP contribution in [0.1, 0.15) is 32.1 Å². The molecule has 0 spiro atoms. The molecule has 2 fully saturated rings. The minimum atomic E-state index is -1.12. The van der Waals surface area contributed by atoms with Gasteiger partial charge >= 0.3 is 12.0 Å². The van der Waals surface area contributed by atoms with E-state index in [1.807, 2.05) is 0 Å². The number of rotatable bonds is 6. The van der Waals surface area contributed by atoms with Gasteiger partial charge in [0.25, 0.3) is 0 Å². The summed E-state index contributed by atoms with van der Waals surface area (Å²) in [4.78, 5) is 22.5. The molecule has 19 heavy (non-hydrogen) atoms. The molecule has 108 valence electrons. The maximum atomic E-state index is 11.6. The average Bonchev–Trinajstić information content (AvgIpc) is 2.97. The van der Waals surface area contributed by atoms with E-state index in [9.17, 15) is 9.59 Å². The molecule has 6 heteroatoms. The second-order valence-electron chi connectivity index (χ2n) is 5.69. The smallest absolute Gasteiger partial charge is 0.326 e. The van der Waals surface area contributed by atoms with Crippen molar-refractivity contribution in [2.45, 2.75) is 38.1 Å². The Balaban J connectivity index is 1.70. The first-order chi connectivity index (χ1) is 9.10. The average molecular weight is 270 g/mol. The van der Waals surface area contributed by atoms with Crippen LogP contribution in [0.3, 0.4) is 0 Å². The number of aliphatic carboxylic acids is 1. The van der Waals surface area contributed by atoms with Gasteiger partial charge in [0, 0.05) is 19.6 Å². The molecule has 2 aliphatic carbocycles. The molecule has 2 bridgehead atoms. The third-order valence-corrected chi connectivity index (χ3v) is 4.43. The first kappa shape index (κ1) is 14.1. The van der Waals surface area contributed by atoms with Gasteiger partial charge in [-0.2, -0.15) is 0 Å². The summed E-state index contributed by atoms with van der Waals surface area (Å²) in [7, 11) is 0. The summed E-state index contributed by atoms with van der Waals surface area (Å²) in [6.45, 7) is 0.363. The fourth-order valence-electron chi connectivity index (χ4n) is 3.45. The number of urea groups is 1. The van der Waals surface area contributed by atoms with Gasteiger partial charge in [-0.1, -0.05) is 6.42 Å². The van der Waals surface area contributed by atoms with Crippen LogP contribution in [0.2, 0.25) is 0 Å². The van der Waals surface area contributed by atoms with E-state index in [1.54, 1.807) is 0 Å². The van der Waals surface area contributed by atoms with E-state index in [0.29, 0.717) is 12.5 Å². The van der Waals surface area contributed by atoms with Gasteiger partial charge in [0.1, 0.15) is 6.04 Å². The van der Waals surface area contributed by atoms with E-state index in [4.69, 9.17) is 10.2 Å². The molecule has 4 N–H and O–H groups in total. The van der Waals surface area contributed by atoms with Crippen molar-refractivity contribution in [2.24, 2.45) is 17.8 Å². The summed E-state index contributed by atoms with van der Waals surface area (Å²) < 4.78 is 0. The lowest BCUT2D eigenvalue weighted by atomic mass is 9.89. The Bertz CT molecular complexity index is 348. The van der Waals surface area contributed by atoms with E-state index in [-0.39, 0.29) is 13.0 Å². The maximum absolute atomic E-state index is 11.6. The predicted molar refractivity (Wildman–Crippen MR) is 68.6 cm³/mol. The molecule has 0 heterocycles. The summed E-state index contributed by atoms with van der Waals surface area (Å²) in [5.41, 5.74) is 0. The summed E-state index contributed by atoms with van der Waals surface area (Å²) in [5.74, 6) is 0.994. The van der Waals surface area contributed by atoms with Crippen molar-refractivity contribution in [1.29, 1.82) is 0 Å². The number of amides is 2. The van der Waals surface area contributed by atoms with Gasteiger partial charge in [-0.05, 0) is 37.0 Å². The van der Waals surface area contributed by atoms with Crippen LogP contribution in [0.25, 0.3) is 0 Å². The summed E-state index contributed by atoms with van der Waals surface area (Å²) in [5, 5.41) is 22.7. The van der Waals surface area contributed by atoms with E-state index in [2.05, 4.69) is 10.6 Å². The third-order valence-electron chi connectivity index (χ3n) is 4.43. The Morgan fingerprint density at radius 1 is 1.26 bits per heavy atom. The molecule has 0 aliphatic heterocycles. The van der Waals surface area contributed by atoms with Crippen molar-refractivity contribution in [1.82, 2.24) is 10.6 Å². The first-order valence-electron chi connectivity index (χ1n) is 6.98. The number of fused-ring (bicyclic) bond motifs is 2. The molecule has 6 nitrogen and oxygen atoms in total. The Labute approximate surface area is 112 Å². The first-order valence-corrected chi connectivity index (χ1v) is 6.98. The number of carbonyl (C=O) groups is 2. The zero-order chi connectivity index (χ0) is 13.8.